The zero-order valence-electron chi connectivity index (χ0n) is 10.5. The lowest BCUT2D eigenvalue weighted by molar-refractivity contribution is -0.148. The summed E-state index contributed by atoms with van der Waals surface area (Å²) in [5.41, 5.74) is -0.489. The molecular formula is C13H20O2. The largest absolute Gasteiger partial charge is 0.457 e. The quantitative estimate of drug-likeness (QED) is 0.376. The van der Waals surface area contributed by atoms with Crippen molar-refractivity contribution in [3.8, 4) is 11.8 Å². The molecule has 0 saturated heterocycles. The van der Waals surface area contributed by atoms with E-state index >= 15 is 0 Å². The Morgan fingerprint density at radius 3 is 2.07 bits per heavy atom. The average molecular weight is 208 g/mol. The maximum Gasteiger partial charge on any atom is 0.331 e. The Morgan fingerprint density at radius 1 is 1.13 bits per heavy atom. The van der Waals surface area contributed by atoms with Crippen LogP contribution in [0.3, 0.4) is 0 Å². The third kappa shape index (κ3) is 10.7. The van der Waals surface area contributed by atoms with Crippen LogP contribution in [0.5, 0.6) is 0 Å². The lowest BCUT2D eigenvalue weighted by Crippen LogP contribution is -2.22. The third-order valence-corrected chi connectivity index (χ3v) is 1.16. The molecule has 0 aliphatic carbocycles. The number of ether oxygens (including phenoxy) is 1. The van der Waals surface area contributed by atoms with Crippen molar-refractivity contribution in [1.82, 2.24) is 0 Å². The second-order valence-corrected chi connectivity index (χ2v) is 5.39. The van der Waals surface area contributed by atoms with Gasteiger partial charge < -0.3 is 4.74 Å². The molecule has 0 aliphatic rings. The number of hydrogen-bond donors (Lipinski definition) is 0. The minimum atomic E-state index is -0.446. The Hall–Kier alpha value is -1.23. The molecule has 0 amide bonds. The third-order valence-electron chi connectivity index (χ3n) is 1.16. The molecule has 2 heteroatoms. The van der Waals surface area contributed by atoms with Gasteiger partial charge in [-0.05, 0) is 47.6 Å². The first-order chi connectivity index (χ1) is 6.60. The van der Waals surface area contributed by atoms with Gasteiger partial charge in [0.2, 0.25) is 0 Å². The number of esters is 1. The minimum absolute atomic E-state index is 0.0434. The van der Waals surface area contributed by atoms with Crippen LogP contribution in [-0.2, 0) is 9.53 Å². The van der Waals surface area contributed by atoms with Gasteiger partial charge in [-0.25, -0.2) is 4.79 Å². The first-order valence-electron chi connectivity index (χ1n) is 5.02. The van der Waals surface area contributed by atoms with Crippen LogP contribution >= 0.6 is 0 Å². The first kappa shape index (κ1) is 13.8. The monoisotopic (exact) mass is 208 g/mol. The zero-order chi connectivity index (χ0) is 12.1. The molecule has 0 spiro atoms. The minimum Gasteiger partial charge on any atom is -0.457 e. The summed E-state index contributed by atoms with van der Waals surface area (Å²) in [5.74, 6) is 5.45. The van der Waals surface area contributed by atoms with E-state index in [0.717, 1.165) is 0 Å². The molecule has 0 saturated carbocycles. The highest BCUT2D eigenvalue weighted by Crippen LogP contribution is 2.09. The summed E-state index contributed by atoms with van der Waals surface area (Å²) >= 11 is 0. The summed E-state index contributed by atoms with van der Waals surface area (Å²) in [6.45, 7) is 11.5. The van der Waals surface area contributed by atoms with E-state index in [0.29, 0.717) is 0 Å². The lowest BCUT2D eigenvalue weighted by Gasteiger charge is -2.17. The van der Waals surface area contributed by atoms with Gasteiger partial charge in [0.15, 0.2) is 0 Å². The predicted octanol–water partition coefficient (Wildman–Crippen LogP) is 2.93. The Bertz CT molecular complexity index is 300. The second-order valence-electron chi connectivity index (χ2n) is 5.39. The maximum absolute atomic E-state index is 11.2. The van der Waals surface area contributed by atoms with Gasteiger partial charge >= 0.3 is 5.97 Å². The number of allylic oxidation sites excluding steroid dienone is 1. The van der Waals surface area contributed by atoms with Crippen molar-refractivity contribution in [2.24, 2.45) is 5.41 Å². The average Bonchev–Trinajstić information content (AvgIpc) is 1.92. The molecule has 0 heterocycles. The van der Waals surface area contributed by atoms with Crippen molar-refractivity contribution in [3.63, 3.8) is 0 Å². The smallest absolute Gasteiger partial charge is 0.331 e. The van der Waals surface area contributed by atoms with Crippen molar-refractivity contribution in [1.29, 1.82) is 0 Å². The van der Waals surface area contributed by atoms with Crippen LogP contribution in [0.15, 0.2) is 12.2 Å². The maximum atomic E-state index is 11.2. The van der Waals surface area contributed by atoms with Crippen LogP contribution in [0, 0.1) is 17.3 Å². The Kier molecular flexibility index (Phi) is 4.61. The van der Waals surface area contributed by atoms with Crippen LogP contribution < -0.4 is 0 Å². The fourth-order valence-electron chi connectivity index (χ4n) is 0.704. The van der Waals surface area contributed by atoms with Gasteiger partial charge in [0.1, 0.15) is 5.60 Å². The zero-order valence-corrected chi connectivity index (χ0v) is 10.5. The molecule has 0 fully saturated rings. The van der Waals surface area contributed by atoms with E-state index in [1.54, 1.807) is 0 Å². The number of carbonyl (C=O) groups is 1. The standard InChI is InChI=1S/C13H20O2/c1-12(2,3)10-8-7-9-11(14)15-13(4,5)6/h7,9H,1-6H3/b9-7+. The van der Waals surface area contributed by atoms with Crippen molar-refractivity contribution in [2.75, 3.05) is 0 Å². The number of hydrogen-bond acceptors (Lipinski definition) is 2. The van der Waals surface area contributed by atoms with Gasteiger partial charge in [-0.2, -0.15) is 0 Å². The summed E-state index contributed by atoms with van der Waals surface area (Å²) in [6, 6.07) is 0. The van der Waals surface area contributed by atoms with E-state index < -0.39 is 5.60 Å². The summed E-state index contributed by atoms with van der Waals surface area (Å²) < 4.78 is 5.08. The summed E-state index contributed by atoms with van der Waals surface area (Å²) in [7, 11) is 0. The fraction of sp³-hybridized carbons (Fsp3) is 0.615. The van der Waals surface area contributed by atoms with Gasteiger partial charge in [0.05, 0.1) is 0 Å². The van der Waals surface area contributed by atoms with E-state index in [9.17, 15) is 4.79 Å². The van der Waals surface area contributed by atoms with Crippen LogP contribution in [-0.4, -0.2) is 11.6 Å². The van der Waals surface area contributed by atoms with E-state index in [2.05, 4.69) is 11.8 Å². The molecule has 84 valence electrons. The van der Waals surface area contributed by atoms with E-state index in [1.165, 1.54) is 12.2 Å². The molecule has 0 aromatic carbocycles. The number of carbonyl (C=O) groups excluding carboxylic acids is 1. The molecule has 0 radical (unpaired) electrons. The Balaban J connectivity index is 4.19. The van der Waals surface area contributed by atoms with Crippen molar-refractivity contribution >= 4 is 5.97 Å². The molecule has 0 aromatic rings. The molecule has 0 rings (SSSR count). The van der Waals surface area contributed by atoms with E-state index in [-0.39, 0.29) is 11.4 Å². The SMILES string of the molecule is CC(C)(C)C#C/C=C/C(=O)OC(C)(C)C. The molecule has 2 nitrogen and oxygen atoms in total. The molecule has 0 N–H and O–H groups in total. The highest BCUT2D eigenvalue weighted by Gasteiger charge is 2.13. The highest BCUT2D eigenvalue weighted by molar-refractivity contribution is 5.82. The van der Waals surface area contributed by atoms with Gasteiger partial charge in [-0.15, -0.1) is 0 Å². The molecular weight excluding hydrogens is 188 g/mol. The summed E-state index contributed by atoms with van der Waals surface area (Å²) in [6.07, 6.45) is 2.88. The summed E-state index contributed by atoms with van der Waals surface area (Å²) in [4.78, 5) is 11.2. The molecule has 0 bridgehead atoms. The van der Waals surface area contributed by atoms with Gasteiger partial charge in [-0.3, -0.25) is 0 Å². The van der Waals surface area contributed by atoms with Crippen molar-refractivity contribution in [2.45, 2.75) is 47.1 Å². The van der Waals surface area contributed by atoms with Crippen LogP contribution in [0.2, 0.25) is 0 Å². The highest BCUT2D eigenvalue weighted by atomic mass is 16.6. The van der Waals surface area contributed by atoms with E-state index in [4.69, 9.17) is 4.74 Å². The van der Waals surface area contributed by atoms with Gasteiger partial charge in [0, 0.05) is 11.5 Å². The van der Waals surface area contributed by atoms with Crippen LogP contribution in [0.25, 0.3) is 0 Å². The molecule has 0 aliphatic heterocycles. The van der Waals surface area contributed by atoms with Gasteiger partial charge in [-0.1, -0.05) is 11.8 Å². The molecule has 0 atom stereocenters. The predicted molar refractivity (Wildman–Crippen MR) is 62.2 cm³/mol. The second kappa shape index (κ2) is 5.02. The Labute approximate surface area is 92.7 Å². The summed E-state index contributed by atoms with van der Waals surface area (Å²) in [5, 5.41) is 0. The normalized spacial score (nSPS) is 12.1. The topological polar surface area (TPSA) is 26.3 Å². The number of rotatable bonds is 1. The van der Waals surface area contributed by atoms with Gasteiger partial charge in [0.25, 0.3) is 0 Å². The molecule has 0 unspecified atom stereocenters. The molecule has 0 aromatic heterocycles. The van der Waals surface area contributed by atoms with Crippen molar-refractivity contribution < 1.29 is 9.53 Å². The van der Waals surface area contributed by atoms with Crippen molar-refractivity contribution in [3.05, 3.63) is 12.2 Å². The first-order valence-corrected chi connectivity index (χ1v) is 5.02. The van der Waals surface area contributed by atoms with E-state index in [1.807, 2.05) is 41.5 Å². The molecule has 15 heavy (non-hydrogen) atoms. The van der Waals surface area contributed by atoms with Crippen LogP contribution in [0.4, 0.5) is 0 Å². The Morgan fingerprint density at radius 2 is 1.67 bits per heavy atom. The lowest BCUT2D eigenvalue weighted by atomic mass is 9.98. The van der Waals surface area contributed by atoms with Crippen LogP contribution in [0.1, 0.15) is 41.5 Å². The fourth-order valence-corrected chi connectivity index (χ4v) is 0.704.